The quantitative estimate of drug-likeness (QED) is 0.322. The Morgan fingerprint density at radius 1 is 1.00 bits per heavy atom. The molecule has 0 unspecified atom stereocenters. The number of hydrogen-bond donors (Lipinski definition) is 2. The summed E-state index contributed by atoms with van der Waals surface area (Å²) in [5.41, 5.74) is 2.97. The number of benzene rings is 2. The third-order valence-corrected chi connectivity index (χ3v) is 5.82. The number of aromatic nitrogens is 4. The SMILES string of the molecule is O=C(Nc1ccc(C(F)(F)F)cc1)Nc1cccc(-c2nn3ccsc3c2-c2ccncn2)c1. The summed E-state index contributed by atoms with van der Waals surface area (Å²) in [5, 5.41) is 11.8. The van der Waals surface area contributed by atoms with E-state index in [0.717, 1.165) is 33.8 Å². The van der Waals surface area contributed by atoms with Crippen molar-refractivity contribution in [3.63, 3.8) is 0 Å². The zero-order chi connectivity index (χ0) is 23.7. The number of urea groups is 1. The maximum atomic E-state index is 12.7. The molecule has 0 radical (unpaired) electrons. The zero-order valence-corrected chi connectivity index (χ0v) is 18.1. The van der Waals surface area contributed by atoms with Crippen LogP contribution in [0.5, 0.6) is 0 Å². The van der Waals surface area contributed by atoms with E-state index in [9.17, 15) is 18.0 Å². The van der Waals surface area contributed by atoms with Gasteiger partial charge in [0, 0.05) is 34.7 Å². The van der Waals surface area contributed by atoms with Crippen LogP contribution in [0.2, 0.25) is 0 Å². The topological polar surface area (TPSA) is 84.2 Å². The highest BCUT2D eigenvalue weighted by Gasteiger charge is 2.30. The summed E-state index contributed by atoms with van der Waals surface area (Å²) in [5.74, 6) is 0. The number of carbonyl (C=O) groups is 1. The average molecular weight is 480 g/mol. The molecular formula is C23H15F3N6OS. The fourth-order valence-corrected chi connectivity index (χ4v) is 4.27. The van der Waals surface area contributed by atoms with Crippen LogP contribution in [0.4, 0.5) is 29.3 Å². The van der Waals surface area contributed by atoms with Crippen LogP contribution in [0.15, 0.2) is 78.7 Å². The van der Waals surface area contributed by atoms with Gasteiger partial charge in [0.2, 0.25) is 0 Å². The maximum absolute atomic E-state index is 12.7. The third-order valence-electron chi connectivity index (χ3n) is 4.95. The van der Waals surface area contributed by atoms with Crippen molar-refractivity contribution in [1.29, 1.82) is 0 Å². The van der Waals surface area contributed by atoms with Gasteiger partial charge in [-0.3, -0.25) is 0 Å². The van der Waals surface area contributed by atoms with E-state index in [2.05, 4.69) is 25.7 Å². The predicted octanol–water partition coefficient (Wildman–Crippen LogP) is 6.18. The van der Waals surface area contributed by atoms with Gasteiger partial charge in [-0.05, 0) is 42.5 Å². The van der Waals surface area contributed by atoms with Crippen molar-refractivity contribution < 1.29 is 18.0 Å². The van der Waals surface area contributed by atoms with Gasteiger partial charge >= 0.3 is 12.2 Å². The molecule has 0 bridgehead atoms. The molecule has 0 aliphatic heterocycles. The summed E-state index contributed by atoms with van der Waals surface area (Å²) in [6.07, 6.45) is 0.549. The Balaban J connectivity index is 1.39. The third kappa shape index (κ3) is 4.33. The molecule has 2 N–H and O–H groups in total. The molecule has 0 saturated carbocycles. The standard InChI is InChI=1S/C23H15F3N6OS/c24-23(25,26)15-4-6-16(7-5-15)29-22(33)30-17-3-1-2-14(12-17)20-19(18-8-9-27-13-28-18)21-32(31-20)10-11-34-21/h1-13H,(H2,29,30,33). The van der Waals surface area contributed by atoms with Crippen LogP contribution < -0.4 is 10.6 Å². The van der Waals surface area contributed by atoms with Gasteiger partial charge in [-0.1, -0.05) is 12.1 Å². The number of carbonyl (C=O) groups excluding carboxylic acids is 1. The first-order chi connectivity index (χ1) is 16.4. The first-order valence-electron chi connectivity index (χ1n) is 9.96. The molecule has 5 aromatic rings. The molecule has 0 fully saturated rings. The van der Waals surface area contributed by atoms with Crippen molar-refractivity contribution in [2.75, 3.05) is 10.6 Å². The molecule has 0 aliphatic rings. The number of rotatable bonds is 4. The lowest BCUT2D eigenvalue weighted by Gasteiger charge is -2.10. The van der Waals surface area contributed by atoms with Crippen molar-refractivity contribution >= 4 is 33.6 Å². The molecule has 0 spiro atoms. The van der Waals surface area contributed by atoms with Crippen LogP contribution in [0, 0.1) is 0 Å². The fourth-order valence-electron chi connectivity index (χ4n) is 3.44. The number of fused-ring (bicyclic) bond motifs is 1. The number of nitrogens with zero attached hydrogens (tertiary/aromatic N) is 4. The lowest BCUT2D eigenvalue weighted by atomic mass is 10.1. The van der Waals surface area contributed by atoms with E-state index in [4.69, 9.17) is 0 Å². The Kier molecular flexibility index (Phi) is 5.46. The van der Waals surface area contributed by atoms with Crippen LogP contribution in [0.25, 0.3) is 27.3 Å². The first kappa shape index (κ1) is 21.6. The van der Waals surface area contributed by atoms with Crippen molar-refractivity contribution in [1.82, 2.24) is 19.6 Å². The molecule has 34 heavy (non-hydrogen) atoms. The Bertz CT molecular complexity index is 1460. The van der Waals surface area contributed by atoms with Gasteiger partial charge in [0.15, 0.2) is 0 Å². The molecule has 7 nitrogen and oxygen atoms in total. The van der Waals surface area contributed by atoms with Crippen molar-refractivity contribution in [3.05, 3.63) is 84.3 Å². The molecule has 2 aromatic carbocycles. The number of anilines is 2. The largest absolute Gasteiger partial charge is 0.416 e. The number of halogens is 3. The first-order valence-corrected chi connectivity index (χ1v) is 10.8. The van der Waals surface area contributed by atoms with E-state index in [1.807, 2.05) is 17.6 Å². The minimum atomic E-state index is -4.44. The summed E-state index contributed by atoms with van der Waals surface area (Å²) in [4.78, 5) is 21.7. The fraction of sp³-hybridized carbons (Fsp3) is 0.0435. The minimum Gasteiger partial charge on any atom is -0.308 e. The van der Waals surface area contributed by atoms with E-state index in [1.54, 1.807) is 35.0 Å². The highest BCUT2D eigenvalue weighted by Crippen LogP contribution is 2.36. The van der Waals surface area contributed by atoms with E-state index < -0.39 is 17.8 Å². The Hall–Kier alpha value is -4.25. The lowest BCUT2D eigenvalue weighted by molar-refractivity contribution is -0.137. The second-order valence-electron chi connectivity index (χ2n) is 7.21. The number of amides is 2. The molecule has 170 valence electrons. The number of nitrogens with one attached hydrogen (secondary N) is 2. The molecule has 5 rings (SSSR count). The Morgan fingerprint density at radius 2 is 1.79 bits per heavy atom. The molecule has 0 saturated heterocycles. The van der Waals surface area contributed by atoms with Gasteiger partial charge in [-0.2, -0.15) is 18.3 Å². The van der Waals surface area contributed by atoms with Crippen LogP contribution >= 0.6 is 11.3 Å². The van der Waals surface area contributed by atoms with E-state index in [-0.39, 0.29) is 5.69 Å². The highest BCUT2D eigenvalue weighted by molar-refractivity contribution is 7.16. The normalized spacial score (nSPS) is 11.5. The van der Waals surface area contributed by atoms with E-state index >= 15 is 0 Å². The lowest BCUT2D eigenvalue weighted by Crippen LogP contribution is -2.19. The van der Waals surface area contributed by atoms with E-state index in [1.165, 1.54) is 29.8 Å². The van der Waals surface area contributed by atoms with Crippen molar-refractivity contribution in [2.45, 2.75) is 6.18 Å². The molecule has 3 aromatic heterocycles. The second-order valence-corrected chi connectivity index (χ2v) is 8.10. The summed E-state index contributed by atoms with van der Waals surface area (Å²) < 4.78 is 39.9. The molecule has 11 heteroatoms. The Labute approximate surface area is 194 Å². The molecule has 3 heterocycles. The predicted molar refractivity (Wildman–Crippen MR) is 124 cm³/mol. The maximum Gasteiger partial charge on any atom is 0.416 e. The van der Waals surface area contributed by atoms with Gasteiger partial charge in [0.05, 0.1) is 16.8 Å². The molecule has 0 aliphatic carbocycles. The molecular weight excluding hydrogens is 465 g/mol. The second kappa shape index (κ2) is 8.60. The van der Waals surface area contributed by atoms with E-state index in [0.29, 0.717) is 11.4 Å². The number of hydrogen-bond acceptors (Lipinski definition) is 5. The van der Waals surface area contributed by atoms with Crippen LogP contribution in [0.3, 0.4) is 0 Å². The van der Waals surface area contributed by atoms with Gasteiger partial charge in [0.1, 0.15) is 16.9 Å². The summed E-state index contributed by atoms with van der Waals surface area (Å²) in [6.45, 7) is 0. The van der Waals surface area contributed by atoms with Crippen molar-refractivity contribution in [2.24, 2.45) is 0 Å². The molecule has 2 amide bonds. The van der Waals surface area contributed by atoms with Crippen LogP contribution in [-0.2, 0) is 6.18 Å². The van der Waals surface area contributed by atoms with Gasteiger partial charge < -0.3 is 10.6 Å². The number of alkyl halides is 3. The monoisotopic (exact) mass is 480 g/mol. The van der Waals surface area contributed by atoms with Crippen LogP contribution in [-0.4, -0.2) is 25.6 Å². The van der Waals surface area contributed by atoms with Gasteiger partial charge in [-0.25, -0.2) is 19.3 Å². The van der Waals surface area contributed by atoms with Gasteiger partial charge in [-0.15, -0.1) is 11.3 Å². The zero-order valence-electron chi connectivity index (χ0n) is 17.2. The highest BCUT2D eigenvalue weighted by atomic mass is 32.1. The number of thiazole rings is 1. The molecule has 0 atom stereocenters. The summed E-state index contributed by atoms with van der Waals surface area (Å²) >= 11 is 1.53. The smallest absolute Gasteiger partial charge is 0.308 e. The Morgan fingerprint density at radius 3 is 2.53 bits per heavy atom. The van der Waals surface area contributed by atoms with Gasteiger partial charge in [0.25, 0.3) is 0 Å². The van der Waals surface area contributed by atoms with Crippen LogP contribution in [0.1, 0.15) is 5.56 Å². The minimum absolute atomic E-state index is 0.238. The summed E-state index contributed by atoms with van der Waals surface area (Å²) in [7, 11) is 0. The summed E-state index contributed by atoms with van der Waals surface area (Å²) in [6, 6.07) is 12.6. The average Bonchev–Trinajstić information content (AvgIpc) is 3.41. The van der Waals surface area contributed by atoms with Crippen molar-refractivity contribution in [3.8, 4) is 22.5 Å².